The van der Waals surface area contributed by atoms with Crippen LogP contribution in [0.4, 0.5) is 0 Å². The average molecular weight is 195 g/mol. The Morgan fingerprint density at radius 3 is 2.43 bits per heavy atom. The molecule has 0 saturated carbocycles. The minimum atomic E-state index is -0.495. The Balaban J connectivity index is 2.45. The van der Waals surface area contributed by atoms with Gasteiger partial charge in [0.15, 0.2) is 0 Å². The van der Waals surface area contributed by atoms with Crippen molar-refractivity contribution in [3.63, 3.8) is 0 Å². The molecule has 1 saturated heterocycles. The number of piperidine rings is 1. The Hall–Kier alpha value is -0.520. The van der Waals surface area contributed by atoms with Crippen molar-refractivity contribution in [2.45, 2.75) is 58.2 Å². The van der Waals surface area contributed by atoms with Gasteiger partial charge >= 0.3 is 0 Å². The van der Waals surface area contributed by atoms with Crippen LogP contribution in [0.1, 0.15) is 40.0 Å². The maximum absolute atomic E-state index is 9.02. The van der Waals surface area contributed by atoms with Gasteiger partial charge in [0.25, 0.3) is 0 Å². The maximum atomic E-state index is 9.02. The fraction of sp³-hybridized carbons (Fsp3) is 0.833. The van der Waals surface area contributed by atoms with Crippen LogP contribution in [-0.4, -0.2) is 34.7 Å². The number of likely N-dealkylation sites (tertiary alicyclic amines) is 1. The third-order valence-corrected chi connectivity index (χ3v) is 2.95. The summed E-state index contributed by atoms with van der Waals surface area (Å²) >= 11 is 0. The van der Waals surface area contributed by atoms with Crippen LogP contribution in [0.5, 0.6) is 0 Å². The van der Waals surface area contributed by atoms with Crippen LogP contribution in [0.25, 0.3) is 0 Å². The Morgan fingerprint density at radius 1 is 1.36 bits per heavy atom. The predicted molar refractivity (Wildman–Crippen MR) is 58.9 cm³/mol. The normalized spacial score (nSPS) is 30.6. The third-order valence-electron chi connectivity index (χ3n) is 2.95. The van der Waals surface area contributed by atoms with Crippen molar-refractivity contribution in [3.8, 4) is 11.8 Å². The Morgan fingerprint density at radius 2 is 1.93 bits per heavy atom. The zero-order valence-electron chi connectivity index (χ0n) is 9.45. The minimum absolute atomic E-state index is 0.495. The zero-order valence-corrected chi connectivity index (χ0v) is 9.45. The molecule has 0 unspecified atom stereocenters. The number of aliphatic hydroxyl groups is 1. The van der Waals surface area contributed by atoms with Crippen molar-refractivity contribution in [1.29, 1.82) is 0 Å². The van der Waals surface area contributed by atoms with Crippen LogP contribution in [0, 0.1) is 11.8 Å². The molecule has 0 radical (unpaired) electrons. The van der Waals surface area contributed by atoms with Crippen LogP contribution in [0.2, 0.25) is 0 Å². The molecule has 0 aromatic heterocycles. The van der Waals surface area contributed by atoms with Gasteiger partial charge in [0.1, 0.15) is 6.10 Å². The molecule has 1 aliphatic rings. The van der Waals surface area contributed by atoms with Gasteiger partial charge in [-0.15, -0.1) is 0 Å². The summed E-state index contributed by atoms with van der Waals surface area (Å²) in [5, 5.41) is 9.02. The van der Waals surface area contributed by atoms with Gasteiger partial charge in [-0.1, -0.05) is 18.3 Å². The van der Waals surface area contributed by atoms with Crippen LogP contribution < -0.4 is 0 Å². The summed E-state index contributed by atoms with van der Waals surface area (Å²) in [6, 6.07) is 1.28. The Bertz CT molecular complexity index is 216. The van der Waals surface area contributed by atoms with Crippen LogP contribution in [-0.2, 0) is 0 Å². The van der Waals surface area contributed by atoms with E-state index in [1.165, 1.54) is 19.3 Å². The molecule has 0 spiro atoms. The highest BCUT2D eigenvalue weighted by molar-refractivity contribution is 5.06. The first-order valence-corrected chi connectivity index (χ1v) is 5.53. The fourth-order valence-electron chi connectivity index (χ4n) is 2.07. The highest BCUT2D eigenvalue weighted by atomic mass is 16.3. The summed E-state index contributed by atoms with van der Waals surface area (Å²) in [5.41, 5.74) is 0. The zero-order chi connectivity index (χ0) is 10.6. The molecule has 0 aromatic rings. The first-order chi connectivity index (χ1) is 6.61. The fourth-order valence-corrected chi connectivity index (χ4v) is 2.07. The summed E-state index contributed by atoms with van der Waals surface area (Å²) in [7, 11) is 0. The molecule has 0 aromatic carbocycles. The highest BCUT2D eigenvalue weighted by Gasteiger charge is 2.23. The summed E-state index contributed by atoms with van der Waals surface area (Å²) in [6.45, 7) is 7.03. The molecule has 1 heterocycles. The van der Waals surface area contributed by atoms with Crippen LogP contribution in [0.15, 0.2) is 0 Å². The van der Waals surface area contributed by atoms with E-state index in [9.17, 15) is 0 Å². The smallest absolute Gasteiger partial charge is 0.112 e. The molecule has 2 heteroatoms. The first-order valence-electron chi connectivity index (χ1n) is 5.53. The van der Waals surface area contributed by atoms with Gasteiger partial charge in [0, 0.05) is 12.1 Å². The SMILES string of the molecule is C[C@H](O)C#CCN1[C@H](C)CCC[C@@H]1C. The molecular weight excluding hydrogens is 174 g/mol. The van der Waals surface area contributed by atoms with Crippen molar-refractivity contribution >= 4 is 0 Å². The van der Waals surface area contributed by atoms with Crippen molar-refractivity contribution in [2.24, 2.45) is 0 Å². The summed E-state index contributed by atoms with van der Waals surface area (Å²) < 4.78 is 0. The lowest BCUT2D eigenvalue weighted by Crippen LogP contribution is -2.43. The van der Waals surface area contributed by atoms with E-state index in [4.69, 9.17) is 5.11 Å². The topological polar surface area (TPSA) is 23.5 Å². The number of hydrogen-bond donors (Lipinski definition) is 1. The average Bonchev–Trinajstić information content (AvgIpc) is 2.09. The highest BCUT2D eigenvalue weighted by Crippen LogP contribution is 2.21. The summed E-state index contributed by atoms with van der Waals surface area (Å²) in [5.74, 6) is 5.84. The maximum Gasteiger partial charge on any atom is 0.112 e. The largest absolute Gasteiger partial charge is 0.381 e. The van der Waals surface area contributed by atoms with Gasteiger partial charge in [-0.2, -0.15) is 0 Å². The van der Waals surface area contributed by atoms with E-state index in [1.54, 1.807) is 6.92 Å². The molecule has 0 amide bonds. The van der Waals surface area contributed by atoms with Gasteiger partial charge < -0.3 is 5.11 Å². The van der Waals surface area contributed by atoms with Gasteiger partial charge in [-0.3, -0.25) is 4.90 Å². The Kier molecular flexibility index (Phi) is 4.44. The molecular formula is C12H21NO. The van der Waals surface area contributed by atoms with E-state index in [2.05, 4.69) is 30.6 Å². The van der Waals surface area contributed by atoms with Gasteiger partial charge in [0.2, 0.25) is 0 Å². The standard InChI is InChI=1S/C12H21NO/c1-10-6-4-7-11(2)13(10)9-5-8-12(3)14/h10-12,14H,4,6-7,9H2,1-3H3/t10-,11+,12-/m0/s1. The molecule has 3 atom stereocenters. The second-order valence-electron chi connectivity index (χ2n) is 4.30. The monoisotopic (exact) mass is 195 g/mol. The molecule has 14 heavy (non-hydrogen) atoms. The molecule has 80 valence electrons. The molecule has 0 aliphatic carbocycles. The summed E-state index contributed by atoms with van der Waals surface area (Å²) in [6.07, 6.45) is 3.40. The predicted octanol–water partition coefficient (Wildman–Crippen LogP) is 1.63. The van der Waals surface area contributed by atoms with E-state index in [1.807, 2.05) is 0 Å². The van der Waals surface area contributed by atoms with Crippen molar-refractivity contribution in [1.82, 2.24) is 4.90 Å². The van der Waals surface area contributed by atoms with Gasteiger partial charge in [0.05, 0.1) is 6.54 Å². The van der Waals surface area contributed by atoms with Gasteiger partial charge in [-0.25, -0.2) is 0 Å². The molecule has 1 N–H and O–H groups in total. The van der Waals surface area contributed by atoms with Crippen molar-refractivity contribution < 1.29 is 5.11 Å². The van der Waals surface area contributed by atoms with Crippen LogP contribution >= 0.6 is 0 Å². The van der Waals surface area contributed by atoms with Crippen molar-refractivity contribution in [3.05, 3.63) is 0 Å². The second kappa shape index (κ2) is 5.38. The first kappa shape index (κ1) is 11.6. The summed E-state index contributed by atoms with van der Waals surface area (Å²) in [4.78, 5) is 2.43. The van der Waals surface area contributed by atoms with Crippen LogP contribution in [0.3, 0.4) is 0 Å². The third kappa shape index (κ3) is 3.32. The lowest BCUT2D eigenvalue weighted by Gasteiger charge is -2.37. The molecule has 1 aliphatic heterocycles. The minimum Gasteiger partial charge on any atom is -0.381 e. The van der Waals surface area contributed by atoms with E-state index in [0.717, 1.165) is 6.54 Å². The Labute approximate surface area is 87.3 Å². The second-order valence-corrected chi connectivity index (χ2v) is 4.30. The lowest BCUT2D eigenvalue weighted by atomic mass is 9.98. The number of aliphatic hydroxyl groups excluding tert-OH is 1. The molecule has 1 fully saturated rings. The number of rotatable bonds is 1. The quantitative estimate of drug-likeness (QED) is 0.643. The number of nitrogens with zero attached hydrogens (tertiary/aromatic N) is 1. The van der Waals surface area contributed by atoms with Gasteiger partial charge in [-0.05, 0) is 33.6 Å². The van der Waals surface area contributed by atoms with Crippen molar-refractivity contribution in [2.75, 3.05) is 6.54 Å². The molecule has 2 nitrogen and oxygen atoms in total. The van der Waals surface area contributed by atoms with E-state index in [0.29, 0.717) is 12.1 Å². The molecule has 1 rings (SSSR count). The number of hydrogen-bond acceptors (Lipinski definition) is 2. The van der Waals surface area contributed by atoms with E-state index < -0.39 is 6.10 Å². The lowest BCUT2D eigenvalue weighted by molar-refractivity contribution is 0.121. The van der Waals surface area contributed by atoms with E-state index in [-0.39, 0.29) is 0 Å². The molecule has 0 bridgehead atoms. The van der Waals surface area contributed by atoms with E-state index >= 15 is 0 Å².